The quantitative estimate of drug-likeness (QED) is 0.752. The maximum Gasteiger partial charge on any atom is 0.244 e. The van der Waals surface area contributed by atoms with Gasteiger partial charge in [-0.25, -0.2) is 4.98 Å². The van der Waals surface area contributed by atoms with E-state index in [0.717, 1.165) is 23.9 Å². The average Bonchev–Trinajstić information content (AvgIpc) is 3.17. The maximum absolute atomic E-state index is 12.1. The smallest absolute Gasteiger partial charge is 0.244 e. The van der Waals surface area contributed by atoms with Crippen molar-refractivity contribution >= 4 is 23.1 Å². The molecule has 23 heavy (non-hydrogen) atoms. The number of benzene rings is 2. The van der Waals surface area contributed by atoms with Gasteiger partial charge in [0.25, 0.3) is 0 Å². The van der Waals surface area contributed by atoms with Crippen molar-refractivity contribution in [2.75, 3.05) is 0 Å². The summed E-state index contributed by atoms with van der Waals surface area (Å²) in [4.78, 5) is 16.4. The summed E-state index contributed by atoms with van der Waals surface area (Å²) in [5.41, 5.74) is 4.05. The van der Waals surface area contributed by atoms with E-state index in [1.54, 1.807) is 6.08 Å². The first-order valence-electron chi connectivity index (χ1n) is 7.71. The number of hydrogen-bond donors (Lipinski definition) is 1. The third-order valence-corrected chi connectivity index (χ3v) is 4.14. The van der Waals surface area contributed by atoms with Crippen molar-refractivity contribution in [3.63, 3.8) is 0 Å². The molecular formula is C19H16N2O2. The molecule has 114 valence electrons. The van der Waals surface area contributed by atoms with Gasteiger partial charge >= 0.3 is 0 Å². The van der Waals surface area contributed by atoms with Crippen LogP contribution in [0.15, 0.2) is 59.0 Å². The van der Waals surface area contributed by atoms with Gasteiger partial charge in [-0.1, -0.05) is 36.4 Å². The Balaban J connectivity index is 1.46. The number of aromatic nitrogens is 1. The minimum absolute atomic E-state index is 0.0898. The fraction of sp³-hybridized carbons (Fsp3) is 0.158. The third kappa shape index (κ3) is 2.75. The predicted molar refractivity (Wildman–Crippen MR) is 88.7 cm³/mol. The molecule has 1 atom stereocenters. The second kappa shape index (κ2) is 5.72. The second-order valence-corrected chi connectivity index (χ2v) is 5.65. The Bertz CT molecular complexity index is 862. The zero-order valence-electron chi connectivity index (χ0n) is 12.5. The zero-order chi connectivity index (χ0) is 15.6. The van der Waals surface area contributed by atoms with Crippen molar-refractivity contribution < 1.29 is 9.21 Å². The second-order valence-electron chi connectivity index (χ2n) is 5.65. The summed E-state index contributed by atoms with van der Waals surface area (Å²) in [7, 11) is 0. The molecule has 4 heteroatoms. The summed E-state index contributed by atoms with van der Waals surface area (Å²) in [5.74, 6) is 0.308. The first-order valence-corrected chi connectivity index (χ1v) is 7.71. The molecule has 1 unspecified atom stereocenters. The Morgan fingerprint density at radius 1 is 1.17 bits per heavy atom. The third-order valence-electron chi connectivity index (χ3n) is 4.14. The van der Waals surface area contributed by atoms with E-state index in [1.165, 1.54) is 17.2 Å². The number of oxazole rings is 1. The molecule has 0 saturated carbocycles. The standard InChI is InChI=1S/C19H16N2O2/c22-18(20-15-10-9-13-5-1-2-6-14(13)15)11-12-19-21-16-7-3-4-8-17(16)23-19/h1-8,11-12,15H,9-10H2,(H,20,22)/b12-11+. The molecule has 2 aromatic carbocycles. The van der Waals surface area contributed by atoms with Crippen molar-refractivity contribution in [1.82, 2.24) is 10.3 Å². The highest BCUT2D eigenvalue weighted by atomic mass is 16.3. The zero-order valence-corrected chi connectivity index (χ0v) is 12.5. The molecule has 4 rings (SSSR count). The highest BCUT2D eigenvalue weighted by Gasteiger charge is 2.22. The molecule has 1 amide bonds. The lowest BCUT2D eigenvalue weighted by Crippen LogP contribution is -2.25. The normalized spacial score (nSPS) is 16.8. The van der Waals surface area contributed by atoms with Crippen molar-refractivity contribution in [3.05, 3.63) is 71.6 Å². The Kier molecular flexibility index (Phi) is 3.42. The highest BCUT2D eigenvalue weighted by Crippen LogP contribution is 2.30. The largest absolute Gasteiger partial charge is 0.437 e. The summed E-state index contributed by atoms with van der Waals surface area (Å²) in [5, 5.41) is 3.04. The number of amides is 1. The first-order chi connectivity index (χ1) is 11.3. The number of hydrogen-bond acceptors (Lipinski definition) is 3. The van der Waals surface area contributed by atoms with Crippen LogP contribution < -0.4 is 5.32 Å². The van der Waals surface area contributed by atoms with Gasteiger partial charge in [-0.2, -0.15) is 0 Å². The summed E-state index contributed by atoms with van der Waals surface area (Å²) in [6.45, 7) is 0. The van der Waals surface area contributed by atoms with Crippen LogP contribution in [0.4, 0.5) is 0 Å². The fourth-order valence-corrected chi connectivity index (χ4v) is 3.04. The molecule has 3 aromatic rings. The van der Waals surface area contributed by atoms with Crippen LogP contribution in [0.1, 0.15) is 29.5 Å². The van der Waals surface area contributed by atoms with Crippen molar-refractivity contribution in [2.45, 2.75) is 18.9 Å². The van der Waals surface area contributed by atoms with E-state index in [2.05, 4.69) is 22.4 Å². The predicted octanol–water partition coefficient (Wildman–Crippen LogP) is 3.64. The van der Waals surface area contributed by atoms with Gasteiger partial charge in [-0.3, -0.25) is 4.79 Å². The summed E-state index contributed by atoms with van der Waals surface area (Å²) in [6, 6.07) is 15.9. The van der Waals surface area contributed by atoms with E-state index in [0.29, 0.717) is 5.89 Å². The van der Waals surface area contributed by atoms with Crippen molar-refractivity contribution in [3.8, 4) is 0 Å². The van der Waals surface area contributed by atoms with Crippen LogP contribution in [-0.2, 0) is 11.2 Å². The van der Waals surface area contributed by atoms with E-state index < -0.39 is 0 Å². The molecule has 1 N–H and O–H groups in total. The van der Waals surface area contributed by atoms with Crippen LogP contribution in [0.25, 0.3) is 17.2 Å². The number of carbonyl (C=O) groups excluding carboxylic acids is 1. The molecule has 0 saturated heterocycles. The Hall–Kier alpha value is -2.88. The molecule has 1 aliphatic carbocycles. The lowest BCUT2D eigenvalue weighted by atomic mass is 10.1. The molecule has 0 aliphatic heterocycles. The van der Waals surface area contributed by atoms with Crippen LogP contribution in [0.3, 0.4) is 0 Å². The number of fused-ring (bicyclic) bond motifs is 2. The topological polar surface area (TPSA) is 55.1 Å². The van der Waals surface area contributed by atoms with Gasteiger partial charge in [-0.05, 0) is 36.1 Å². The number of nitrogens with zero attached hydrogens (tertiary/aromatic N) is 1. The van der Waals surface area contributed by atoms with Crippen LogP contribution >= 0.6 is 0 Å². The number of nitrogens with one attached hydrogen (secondary N) is 1. The van der Waals surface area contributed by atoms with Crippen LogP contribution in [0.5, 0.6) is 0 Å². The molecule has 1 heterocycles. The highest BCUT2D eigenvalue weighted by molar-refractivity contribution is 5.91. The molecule has 0 spiro atoms. The molecule has 1 aliphatic rings. The lowest BCUT2D eigenvalue weighted by Gasteiger charge is -2.12. The minimum Gasteiger partial charge on any atom is -0.437 e. The number of aryl methyl sites for hydroxylation is 1. The van der Waals surface area contributed by atoms with E-state index in [-0.39, 0.29) is 11.9 Å². The summed E-state index contributed by atoms with van der Waals surface area (Å²) in [6.07, 6.45) is 5.04. The molecule has 0 radical (unpaired) electrons. The molecule has 0 fully saturated rings. The molecule has 0 bridgehead atoms. The van der Waals surface area contributed by atoms with Gasteiger partial charge in [0.1, 0.15) is 5.52 Å². The fourth-order valence-electron chi connectivity index (χ4n) is 3.04. The van der Waals surface area contributed by atoms with E-state index in [9.17, 15) is 4.79 Å². The minimum atomic E-state index is -0.131. The molecular weight excluding hydrogens is 288 g/mol. The van der Waals surface area contributed by atoms with E-state index >= 15 is 0 Å². The number of para-hydroxylation sites is 2. The average molecular weight is 304 g/mol. The van der Waals surface area contributed by atoms with Gasteiger partial charge in [0.15, 0.2) is 5.58 Å². The lowest BCUT2D eigenvalue weighted by molar-refractivity contribution is -0.117. The van der Waals surface area contributed by atoms with E-state index in [1.807, 2.05) is 36.4 Å². The Labute approximate surface area is 133 Å². The maximum atomic E-state index is 12.1. The number of carbonyl (C=O) groups is 1. The van der Waals surface area contributed by atoms with Gasteiger partial charge in [0, 0.05) is 12.2 Å². The van der Waals surface area contributed by atoms with Crippen molar-refractivity contribution in [2.24, 2.45) is 0 Å². The SMILES string of the molecule is O=C(/C=C/c1nc2ccccc2o1)NC1CCc2ccccc21. The van der Waals surface area contributed by atoms with Gasteiger partial charge in [0.2, 0.25) is 11.8 Å². The van der Waals surface area contributed by atoms with Gasteiger partial charge < -0.3 is 9.73 Å². The van der Waals surface area contributed by atoms with E-state index in [4.69, 9.17) is 4.42 Å². The van der Waals surface area contributed by atoms with Gasteiger partial charge in [-0.15, -0.1) is 0 Å². The van der Waals surface area contributed by atoms with Gasteiger partial charge in [0.05, 0.1) is 6.04 Å². The Morgan fingerprint density at radius 2 is 2.00 bits per heavy atom. The number of rotatable bonds is 3. The summed E-state index contributed by atoms with van der Waals surface area (Å²) >= 11 is 0. The molecule has 1 aromatic heterocycles. The van der Waals surface area contributed by atoms with Crippen molar-refractivity contribution in [1.29, 1.82) is 0 Å². The monoisotopic (exact) mass is 304 g/mol. The van der Waals surface area contributed by atoms with Crippen LogP contribution in [0, 0.1) is 0 Å². The van der Waals surface area contributed by atoms with Crippen LogP contribution in [0.2, 0.25) is 0 Å². The first kappa shape index (κ1) is 13.8. The Morgan fingerprint density at radius 3 is 2.91 bits per heavy atom. The van der Waals surface area contributed by atoms with Crippen LogP contribution in [-0.4, -0.2) is 10.9 Å². The molecule has 4 nitrogen and oxygen atoms in total. The summed E-state index contributed by atoms with van der Waals surface area (Å²) < 4.78 is 5.57.